The topological polar surface area (TPSA) is 70.4 Å². The van der Waals surface area contributed by atoms with E-state index in [-0.39, 0.29) is 11.9 Å². The summed E-state index contributed by atoms with van der Waals surface area (Å²) in [4.78, 5) is 19.0. The number of aliphatic hydroxyl groups is 1. The summed E-state index contributed by atoms with van der Waals surface area (Å²) in [5.74, 6) is -0.264. The van der Waals surface area contributed by atoms with E-state index in [0.717, 1.165) is 31.6 Å². The molecule has 25 heavy (non-hydrogen) atoms. The molecule has 1 aliphatic rings. The van der Waals surface area contributed by atoms with Crippen LogP contribution >= 0.6 is 0 Å². The molecular formula is C19H26N4O2. The van der Waals surface area contributed by atoms with Gasteiger partial charge in [0.25, 0.3) is 5.91 Å². The lowest BCUT2D eigenvalue weighted by Gasteiger charge is -2.36. The minimum atomic E-state index is -1.27. The average Bonchev–Trinajstić information content (AvgIpc) is 3.15. The minimum absolute atomic E-state index is 0.139. The first-order valence-corrected chi connectivity index (χ1v) is 8.79. The van der Waals surface area contributed by atoms with Gasteiger partial charge in [-0.25, -0.2) is 4.98 Å². The molecule has 1 aromatic heterocycles. The van der Waals surface area contributed by atoms with Crippen LogP contribution in [0.1, 0.15) is 30.9 Å². The van der Waals surface area contributed by atoms with Crippen LogP contribution in [0, 0.1) is 0 Å². The zero-order chi connectivity index (χ0) is 17.7. The molecule has 0 aliphatic carbocycles. The number of likely N-dealkylation sites (tertiary alicyclic amines) is 1. The second-order valence-electron chi connectivity index (χ2n) is 6.86. The molecule has 2 heterocycles. The number of aryl methyl sites for hydroxylation is 1. The van der Waals surface area contributed by atoms with Crippen LogP contribution < -0.4 is 5.32 Å². The van der Waals surface area contributed by atoms with Gasteiger partial charge in [0.1, 0.15) is 5.60 Å². The normalized spacial score (nSPS) is 18.6. The van der Waals surface area contributed by atoms with Crippen LogP contribution in [-0.4, -0.2) is 51.2 Å². The molecule has 134 valence electrons. The Labute approximate surface area is 148 Å². The van der Waals surface area contributed by atoms with Gasteiger partial charge in [-0.3, -0.25) is 4.79 Å². The lowest BCUT2D eigenvalue weighted by atomic mass is 9.90. The van der Waals surface area contributed by atoms with Crippen LogP contribution in [0.4, 0.5) is 0 Å². The third-order valence-corrected chi connectivity index (χ3v) is 4.98. The SMILES string of the molecule is CN1CCC(O)(C(=O)N[C@@H](CCn2ccnc2)c2ccccc2)CC1. The summed E-state index contributed by atoms with van der Waals surface area (Å²) in [6.07, 6.45) is 7.11. The Hall–Kier alpha value is -2.18. The van der Waals surface area contributed by atoms with Gasteiger partial charge in [0, 0.05) is 32.0 Å². The number of hydrogen-bond acceptors (Lipinski definition) is 4. The number of carbonyl (C=O) groups is 1. The largest absolute Gasteiger partial charge is 0.380 e. The summed E-state index contributed by atoms with van der Waals surface area (Å²) in [5, 5.41) is 13.8. The molecule has 2 N–H and O–H groups in total. The minimum Gasteiger partial charge on any atom is -0.380 e. The standard InChI is InChI=1S/C19H26N4O2/c1-22-12-8-19(25,9-13-22)18(24)21-17(16-5-3-2-4-6-16)7-11-23-14-10-20-15-23/h2-6,10,14-15,17,25H,7-9,11-13H2,1H3,(H,21,24)/t17-/m0/s1. The van der Waals surface area contributed by atoms with Crippen LogP contribution in [0.3, 0.4) is 0 Å². The van der Waals surface area contributed by atoms with E-state index in [2.05, 4.69) is 15.2 Å². The van der Waals surface area contributed by atoms with E-state index in [9.17, 15) is 9.90 Å². The van der Waals surface area contributed by atoms with Gasteiger partial charge in [-0.1, -0.05) is 30.3 Å². The Morgan fingerprint density at radius 3 is 2.68 bits per heavy atom. The van der Waals surface area contributed by atoms with E-state index in [1.807, 2.05) is 48.1 Å². The second-order valence-corrected chi connectivity index (χ2v) is 6.86. The number of amides is 1. The highest BCUT2D eigenvalue weighted by molar-refractivity contribution is 5.85. The van der Waals surface area contributed by atoms with E-state index in [0.29, 0.717) is 12.8 Å². The predicted molar refractivity (Wildman–Crippen MR) is 95.9 cm³/mol. The van der Waals surface area contributed by atoms with Crippen molar-refractivity contribution in [3.63, 3.8) is 0 Å². The van der Waals surface area contributed by atoms with Crippen LogP contribution in [0.5, 0.6) is 0 Å². The smallest absolute Gasteiger partial charge is 0.252 e. The molecule has 0 radical (unpaired) electrons. The lowest BCUT2D eigenvalue weighted by Crippen LogP contribution is -2.53. The molecule has 6 heteroatoms. The van der Waals surface area contributed by atoms with Crippen molar-refractivity contribution in [2.45, 2.75) is 37.5 Å². The molecule has 1 aliphatic heterocycles. The maximum atomic E-state index is 12.8. The number of hydrogen-bond donors (Lipinski definition) is 2. The van der Waals surface area contributed by atoms with E-state index in [1.54, 1.807) is 12.5 Å². The molecule has 6 nitrogen and oxygen atoms in total. The zero-order valence-corrected chi connectivity index (χ0v) is 14.6. The van der Waals surface area contributed by atoms with Gasteiger partial charge in [-0.15, -0.1) is 0 Å². The third kappa shape index (κ3) is 4.46. The molecule has 0 unspecified atom stereocenters. The van der Waals surface area contributed by atoms with Gasteiger partial charge in [-0.05, 0) is 31.9 Å². The number of nitrogens with one attached hydrogen (secondary N) is 1. The highest BCUT2D eigenvalue weighted by atomic mass is 16.3. The maximum Gasteiger partial charge on any atom is 0.252 e. The van der Waals surface area contributed by atoms with Gasteiger partial charge in [0.05, 0.1) is 12.4 Å². The van der Waals surface area contributed by atoms with Crippen molar-refractivity contribution in [3.05, 3.63) is 54.6 Å². The molecule has 0 bridgehead atoms. The molecule has 1 saturated heterocycles. The zero-order valence-electron chi connectivity index (χ0n) is 14.6. The quantitative estimate of drug-likeness (QED) is 0.836. The molecule has 1 amide bonds. The number of piperidine rings is 1. The van der Waals surface area contributed by atoms with Gasteiger partial charge < -0.3 is 19.9 Å². The lowest BCUT2D eigenvalue weighted by molar-refractivity contribution is -0.145. The molecule has 1 fully saturated rings. The Morgan fingerprint density at radius 2 is 2.04 bits per heavy atom. The van der Waals surface area contributed by atoms with Gasteiger partial charge in [0.15, 0.2) is 0 Å². The van der Waals surface area contributed by atoms with Crippen LogP contribution in [0.25, 0.3) is 0 Å². The summed E-state index contributed by atoms with van der Waals surface area (Å²) in [5.41, 5.74) is -0.221. The van der Waals surface area contributed by atoms with E-state index < -0.39 is 5.60 Å². The Morgan fingerprint density at radius 1 is 1.32 bits per heavy atom. The van der Waals surface area contributed by atoms with Gasteiger partial charge in [0.2, 0.25) is 0 Å². The highest BCUT2D eigenvalue weighted by Gasteiger charge is 2.39. The number of carbonyl (C=O) groups excluding carboxylic acids is 1. The Bertz CT molecular complexity index is 664. The molecule has 0 saturated carbocycles. The Kier molecular flexibility index (Phi) is 5.50. The third-order valence-electron chi connectivity index (χ3n) is 4.98. The van der Waals surface area contributed by atoms with Crippen LogP contribution in [0.2, 0.25) is 0 Å². The molecule has 3 rings (SSSR count). The number of rotatable bonds is 6. The van der Waals surface area contributed by atoms with Gasteiger partial charge in [-0.2, -0.15) is 0 Å². The number of nitrogens with zero attached hydrogens (tertiary/aromatic N) is 3. The maximum absolute atomic E-state index is 12.8. The fourth-order valence-corrected chi connectivity index (χ4v) is 3.21. The summed E-state index contributed by atoms with van der Waals surface area (Å²) < 4.78 is 1.99. The van der Waals surface area contributed by atoms with E-state index >= 15 is 0 Å². The van der Waals surface area contributed by atoms with Crippen molar-refractivity contribution in [1.82, 2.24) is 19.8 Å². The van der Waals surface area contributed by atoms with Gasteiger partial charge >= 0.3 is 0 Å². The number of benzene rings is 1. The van der Waals surface area contributed by atoms with Crippen molar-refractivity contribution >= 4 is 5.91 Å². The summed E-state index contributed by atoms with van der Waals surface area (Å²) in [6, 6.07) is 9.78. The Balaban J connectivity index is 1.69. The molecule has 1 aromatic carbocycles. The monoisotopic (exact) mass is 342 g/mol. The predicted octanol–water partition coefficient (Wildman–Crippen LogP) is 1.59. The fourth-order valence-electron chi connectivity index (χ4n) is 3.21. The second kappa shape index (κ2) is 7.80. The van der Waals surface area contributed by atoms with Crippen LogP contribution in [0.15, 0.2) is 49.1 Å². The number of aromatic nitrogens is 2. The first-order chi connectivity index (χ1) is 12.1. The van der Waals surface area contributed by atoms with Crippen molar-refractivity contribution in [3.8, 4) is 0 Å². The first kappa shape index (κ1) is 17.6. The van der Waals surface area contributed by atoms with E-state index in [1.165, 1.54) is 0 Å². The van der Waals surface area contributed by atoms with Crippen molar-refractivity contribution in [2.24, 2.45) is 0 Å². The summed E-state index contributed by atoms with van der Waals surface area (Å²) in [7, 11) is 2.01. The van der Waals surface area contributed by atoms with Crippen molar-refractivity contribution in [1.29, 1.82) is 0 Å². The number of imidazole rings is 1. The average molecular weight is 342 g/mol. The first-order valence-electron chi connectivity index (χ1n) is 8.79. The van der Waals surface area contributed by atoms with Crippen LogP contribution in [-0.2, 0) is 11.3 Å². The molecular weight excluding hydrogens is 316 g/mol. The molecule has 0 spiro atoms. The fraction of sp³-hybridized carbons (Fsp3) is 0.474. The summed E-state index contributed by atoms with van der Waals surface area (Å²) in [6.45, 7) is 2.21. The summed E-state index contributed by atoms with van der Waals surface area (Å²) >= 11 is 0. The van der Waals surface area contributed by atoms with E-state index in [4.69, 9.17) is 0 Å². The molecule has 1 atom stereocenters. The molecule has 2 aromatic rings. The van der Waals surface area contributed by atoms with Crippen molar-refractivity contribution in [2.75, 3.05) is 20.1 Å². The highest BCUT2D eigenvalue weighted by Crippen LogP contribution is 2.24. The van der Waals surface area contributed by atoms with Crippen molar-refractivity contribution < 1.29 is 9.90 Å².